The molecule has 0 atom stereocenters. The van der Waals surface area contributed by atoms with Crippen LogP contribution in [0.1, 0.15) is 20.3 Å². The number of carboxylic acids is 1. The zero-order valence-electron chi connectivity index (χ0n) is 10.5. The molecule has 0 unspecified atom stereocenters. The van der Waals surface area contributed by atoms with Gasteiger partial charge in [0.2, 0.25) is 0 Å². The molecule has 2 amide bonds. The van der Waals surface area contributed by atoms with Crippen LogP contribution in [0, 0.1) is 0 Å². The first-order valence-corrected chi connectivity index (χ1v) is 6.21. The van der Waals surface area contributed by atoms with Gasteiger partial charge in [0.05, 0.1) is 16.5 Å². The summed E-state index contributed by atoms with van der Waals surface area (Å²) in [5.41, 5.74) is -0.385. The van der Waals surface area contributed by atoms with Crippen LogP contribution in [0.25, 0.3) is 0 Å². The predicted octanol–water partition coefficient (Wildman–Crippen LogP) is 3.37. The van der Waals surface area contributed by atoms with Crippen LogP contribution in [0.15, 0.2) is 18.2 Å². The lowest BCUT2D eigenvalue weighted by Crippen LogP contribution is -2.46. The molecule has 19 heavy (non-hydrogen) atoms. The highest BCUT2D eigenvalue weighted by molar-refractivity contribution is 6.42. The van der Waals surface area contributed by atoms with Crippen molar-refractivity contribution in [3.8, 4) is 0 Å². The number of amides is 2. The molecule has 0 aliphatic carbocycles. The SMILES string of the molecule is CC(C)(CC(=O)O)NC(=O)Nc1ccc(Cl)c(Cl)c1. The lowest BCUT2D eigenvalue weighted by atomic mass is 10.0. The molecule has 1 aromatic rings. The summed E-state index contributed by atoms with van der Waals surface area (Å²) in [6.45, 7) is 3.24. The van der Waals surface area contributed by atoms with Crippen LogP contribution in [-0.4, -0.2) is 22.6 Å². The van der Waals surface area contributed by atoms with Crippen LogP contribution in [0.5, 0.6) is 0 Å². The summed E-state index contributed by atoms with van der Waals surface area (Å²) in [4.78, 5) is 22.3. The highest BCUT2D eigenvalue weighted by Gasteiger charge is 2.23. The second-order valence-electron chi connectivity index (χ2n) is 4.66. The summed E-state index contributed by atoms with van der Waals surface area (Å²) in [6, 6.07) is 4.15. The third-order valence-corrected chi connectivity index (χ3v) is 2.96. The molecule has 0 radical (unpaired) electrons. The molecule has 0 bridgehead atoms. The van der Waals surface area contributed by atoms with Crippen LogP contribution in [0.3, 0.4) is 0 Å². The zero-order chi connectivity index (χ0) is 14.6. The number of hydrogen-bond acceptors (Lipinski definition) is 2. The Kier molecular flexibility index (Phi) is 5.03. The van der Waals surface area contributed by atoms with E-state index in [9.17, 15) is 9.59 Å². The third kappa shape index (κ3) is 5.36. The second-order valence-corrected chi connectivity index (χ2v) is 5.48. The van der Waals surface area contributed by atoms with Crippen LogP contribution in [0.2, 0.25) is 10.0 Å². The summed E-state index contributed by atoms with van der Waals surface area (Å²) in [7, 11) is 0. The fourth-order valence-corrected chi connectivity index (χ4v) is 1.76. The Morgan fingerprint density at radius 1 is 1.26 bits per heavy atom. The molecule has 0 aliphatic rings. The zero-order valence-corrected chi connectivity index (χ0v) is 12.0. The number of nitrogens with one attached hydrogen (secondary N) is 2. The number of carboxylic acid groups (broad SMARTS) is 1. The van der Waals surface area contributed by atoms with E-state index in [2.05, 4.69) is 10.6 Å². The van der Waals surface area contributed by atoms with Gasteiger partial charge in [-0.2, -0.15) is 0 Å². The van der Waals surface area contributed by atoms with Gasteiger partial charge in [0.1, 0.15) is 0 Å². The molecule has 0 saturated carbocycles. The van der Waals surface area contributed by atoms with Gasteiger partial charge in [0.15, 0.2) is 0 Å². The number of rotatable bonds is 4. The van der Waals surface area contributed by atoms with E-state index in [4.69, 9.17) is 28.3 Å². The number of benzene rings is 1. The van der Waals surface area contributed by atoms with Crippen molar-refractivity contribution in [3.63, 3.8) is 0 Å². The quantitative estimate of drug-likeness (QED) is 0.798. The Morgan fingerprint density at radius 3 is 2.42 bits per heavy atom. The predicted molar refractivity (Wildman–Crippen MR) is 74.9 cm³/mol. The molecular weight excluding hydrogens is 291 g/mol. The smallest absolute Gasteiger partial charge is 0.319 e. The Balaban J connectivity index is 2.64. The third-order valence-electron chi connectivity index (χ3n) is 2.22. The van der Waals surface area contributed by atoms with Crippen molar-refractivity contribution in [3.05, 3.63) is 28.2 Å². The minimum absolute atomic E-state index is 0.179. The van der Waals surface area contributed by atoms with Gasteiger partial charge in [-0.1, -0.05) is 23.2 Å². The highest BCUT2D eigenvalue weighted by Crippen LogP contribution is 2.25. The van der Waals surface area contributed by atoms with E-state index >= 15 is 0 Å². The molecule has 0 heterocycles. The number of anilines is 1. The van der Waals surface area contributed by atoms with Gasteiger partial charge in [-0.25, -0.2) is 4.79 Å². The van der Waals surface area contributed by atoms with Gasteiger partial charge in [-0.15, -0.1) is 0 Å². The number of hydrogen-bond donors (Lipinski definition) is 3. The molecule has 1 aromatic carbocycles. The van der Waals surface area contributed by atoms with E-state index in [1.807, 2.05) is 0 Å². The Morgan fingerprint density at radius 2 is 1.89 bits per heavy atom. The molecule has 0 fully saturated rings. The average Bonchev–Trinajstić information content (AvgIpc) is 2.20. The van der Waals surface area contributed by atoms with Gasteiger partial charge in [0.25, 0.3) is 0 Å². The van der Waals surface area contributed by atoms with E-state index in [-0.39, 0.29) is 6.42 Å². The minimum atomic E-state index is -0.986. The molecule has 1 rings (SSSR count). The standard InChI is InChI=1S/C12H14Cl2N2O3/c1-12(2,6-10(17)18)16-11(19)15-7-3-4-8(13)9(14)5-7/h3-5H,6H2,1-2H3,(H,17,18)(H2,15,16,19). The van der Waals surface area contributed by atoms with Crippen molar-refractivity contribution in [2.24, 2.45) is 0 Å². The molecule has 7 heteroatoms. The molecule has 0 spiro atoms. The molecular formula is C12H14Cl2N2O3. The highest BCUT2D eigenvalue weighted by atomic mass is 35.5. The van der Waals surface area contributed by atoms with Crippen molar-refractivity contribution in [2.75, 3.05) is 5.32 Å². The van der Waals surface area contributed by atoms with E-state index in [1.54, 1.807) is 26.0 Å². The molecule has 0 aromatic heterocycles. The topological polar surface area (TPSA) is 78.4 Å². The molecule has 0 saturated heterocycles. The first-order valence-electron chi connectivity index (χ1n) is 5.45. The van der Waals surface area contributed by atoms with Crippen molar-refractivity contribution in [1.82, 2.24) is 5.32 Å². The first-order chi connectivity index (χ1) is 8.69. The summed E-state index contributed by atoms with van der Waals surface area (Å²) >= 11 is 11.6. The minimum Gasteiger partial charge on any atom is -0.481 e. The summed E-state index contributed by atoms with van der Waals surface area (Å²) in [5.74, 6) is -0.986. The number of halogens is 2. The van der Waals surface area contributed by atoms with Crippen molar-refractivity contribution in [2.45, 2.75) is 25.8 Å². The monoisotopic (exact) mass is 304 g/mol. The van der Waals surface area contributed by atoms with Gasteiger partial charge in [0, 0.05) is 11.2 Å². The molecule has 5 nitrogen and oxygen atoms in total. The fraction of sp³-hybridized carbons (Fsp3) is 0.333. The number of carbonyl (C=O) groups is 2. The second kappa shape index (κ2) is 6.12. The normalized spacial score (nSPS) is 10.9. The van der Waals surface area contributed by atoms with Gasteiger partial charge in [-0.05, 0) is 32.0 Å². The van der Waals surface area contributed by atoms with Crippen LogP contribution >= 0.6 is 23.2 Å². The maximum absolute atomic E-state index is 11.7. The number of carbonyl (C=O) groups excluding carboxylic acids is 1. The Bertz CT molecular complexity index is 504. The Labute approximate surface area is 120 Å². The fourth-order valence-electron chi connectivity index (χ4n) is 1.47. The van der Waals surface area contributed by atoms with Crippen LogP contribution in [0.4, 0.5) is 10.5 Å². The van der Waals surface area contributed by atoms with E-state index in [1.165, 1.54) is 6.07 Å². The van der Waals surface area contributed by atoms with Crippen molar-refractivity contribution >= 4 is 40.9 Å². The van der Waals surface area contributed by atoms with Crippen LogP contribution in [-0.2, 0) is 4.79 Å². The average molecular weight is 305 g/mol. The molecule has 3 N–H and O–H groups in total. The van der Waals surface area contributed by atoms with Gasteiger partial charge < -0.3 is 15.7 Å². The van der Waals surface area contributed by atoms with Crippen LogP contribution < -0.4 is 10.6 Å². The van der Waals surface area contributed by atoms with E-state index in [0.29, 0.717) is 15.7 Å². The van der Waals surface area contributed by atoms with Gasteiger partial charge >= 0.3 is 12.0 Å². The first kappa shape index (κ1) is 15.6. The maximum atomic E-state index is 11.7. The summed E-state index contributed by atoms with van der Waals surface area (Å²) in [5, 5.41) is 14.5. The lowest BCUT2D eigenvalue weighted by molar-refractivity contribution is -0.138. The summed E-state index contributed by atoms with van der Waals surface area (Å²) in [6.07, 6.45) is -0.179. The van der Waals surface area contributed by atoms with E-state index in [0.717, 1.165) is 0 Å². The van der Waals surface area contributed by atoms with Crippen molar-refractivity contribution in [1.29, 1.82) is 0 Å². The van der Waals surface area contributed by atoms with Gasteiger partial charge in [-0.3, -0.25) is 4.79 Å². The van der Waals surface area contributed by atoms with E-state index < -0.39 is 17.5 Å². The molecule has 0 aliphatic heterocycles. The largest absolute Gasteiger partial charge is 0.481 e. The Hall–Kier alpha value is -1.46. The summed E-state index contributed by atoms with van der Waals surface area (Å²) < 4.78 is 0. The molecule has 104 valence electrons. The lowest BCUT2D eigenvalue weighted by Gasteiger charge is -2.24. The van der Waals surface area contributed by atoms with Crippen molar-refractivity contribution < 1.29 is 14.7 Å². The maximum Gasteiger partial charge on any atom is 0.319 e. The number of aliphatic carboxylic acids is 1. The number of urea groups is 1.